The van der Waals surface area contributed by atoms with Gasteiger partial charge in [-0.3, -0.25) is 9.69 Å². The number of hydrogen-bond acceptors (Lipinski definition) is 3. The van der Waals surface area contributed by atoms with Gasteiger partial charge in [0.05, 0.1) is 0 Å². The lowest BCUT2D eigenvalue weighted by atomic mass is 10.1. The van der Waals surface area contributed by atoms with E-state index in [0.29, 0.717) is 18.5 Å². The van der Waals surface area contributed by atoms with Gasteiger partial charge in [0.1, 0.15) is 0 Å². The number of rotatable bonds is 2. The number of carbonyl (C=O) groups excluding carboxylic acids is 1. The van der Waals surface area contributed by atoms with Gasteiger partial charge in [-0.05, 0) is 25.8 Å². The third kappa shape index (κ3) is 2.45. The van der Waals surface area contributed by atoms with Crippen molar-refractivity contribution in [2.24, 2.45) is 5.73 Å². The highest BCUT2D eigenvalue weighted by Crippen LogP contribution is 2.12. The Labute approximate surface area is 84.8 Å². The molecule has 1 amide bonds. The van der Waals surface area contributed by atoms with Gasteiger partial charge >= 0.3 is 0 Å². The summed E-state index contributed by atoms with van der Waals surface area (Å²) in [6, 6.07) is 0.702. The van der Waals surface area contributed by atoms with Crippen LogP contribution in [0.5, 0.6) is 0 Å². The number of piperidine rings is 1. The maximum atomic E-state index is 11.0. The lowest BCUT2D eigenvalue weighted by Gasteiger charge is -2.32. The van der Waals surface area contributed by atoms with Crippen LogP contribution in [0.25, 0.3) is 0 Å². The highest BCUT2D eigenvalue weighted by atomic mass is 16.1. The third-order valence-electron chi connectivity index (χ3n) is 3.11. The first-order valence-corrected chi connectivity index (χ1v) is 5.51. The molecule has 80 valence electrons. The molecule has 0 aromatic heterocycles. The van der Waals surface area contributed by atoms with E-state index in [1.54, 1.807) is 0 Å². The molecule has 2 saturated heterocycles. The van der Waals surface area contributed by atoms with Crippen molar-refractivity contribution in [3.63, 3.8) is 0 Å². The molecule has 0 spiro atoms. The third-order valence-corrected chi connectivity index (χ3v) is 3.11. The fourth-order valence-corrected chi connectivity index (χ4v) is 2.38. The molecule has 2 unspecified atom stereocenters. The monoisotopic (exact) mass is 197 g/mol. The molecule has 0 aromatic carbocycles. The zero-order chi connectivity index (χ0) is 9.97. The Morgan fingerprint density at radius 2 is 2.36 bits per heavy atom. The van der Waals surface area contributed by atoms with Crippen molar-refractivity contribution in [2.75, 3.05) is 19.6 Å². The molecule has 4 nitrogen and oxygen atoms in total. The zero-order valence-corrected chi connectivity index (χ0v) is 8.54. The minimum absolute atomic E-state index is 0.205. The molecule has 0 radical (unpaired) electrons. The Kier molecular flexibility index (Phi) is 3.03. The molecule has 0 bridgehead atoms. The molecule has 0 aromatic rings. The van der Waals surface area contributed by atoms with E-state index in [1.165, 1.54) is 6.42 Å². The fraction of sp³-hybridized carbons (Fsp3) is 0.900. The Balaban J connectivity index is 1.76. The number of nitrogens with zero attached hydrogens (tertiary/aromatic N) is 1. The molecule has 14 heavy (non-hydrogen) atoms. The van der Waals surface area contributed by atoms with Crippen LogP contribution in [-0.2, 0) is 4.79 Å². The van der Waals surface area contributed by atoms with E-state index in [0.717, 1.165) is 32.5 Å². The summed E-state index contributed by atoms with van der Waals surface area (Å²) in [6.07, 6.45) is 4.03. The number of hydrogen-bond donors (Lipinski definition) is 2. The van der Waals surface area contributed by atoms with Gasteiger partial charge in [-0.25, -0.2) is 0 Å². The smallest absolute Gasteiger partial charge is 0.220 e. The van der Waals surface area contributed by atoms with Gasteiger partial charge < -0.3 is 11.1 Å². The van der Waals surface area contributed by atoms with E-state index < -0.39 is 0 Å². The van der Waals surface area contributed by atoms with Gasteiger partial charge in [0, 0.05) is 31.6 Å². The van der Waals surface area contributed by atoms with Gasteiger partial charge in [-0.2, -0.15) is 0 Å². The number of likely N-dealkylation sites (tertiary alicyclic amines) is 1. The van der Waals surface area contributed by atoms with Gasteiger partial charge in [-0.1, -0.05) is 0 Å². The molecule has 2 rings (SSSR count). The van der Waals surface area contributed by atoms with Crippen molar-refractivity contribution in [2.45, 2.75) is 37.8 Å². The molecule has 2 fully saturated rings. The van der Waals surface area contributed by atoms with Crippen LogP contribution in [-0.4, -0.2) is 42.5 Å². The normalized spacial score (nSPS) is 34.5. The quantitative estimate of drug-likeness (QED) is 0.638. The van der Waals surface area contributed by atoms with Gasteiger partial charge in [0.2, 0.25) is 5.91 Å². The number of carbonyl (C=O) groups is 1. The topological polar surface area (TPSA) is 58.4 Å². The van der Waals surface area contributed by atoms with Crippen LogP contribution >= 0.6 is 0 Å². The van der Waals surface area contributed by atoms with Gasteiger partial charge in [-0.15, -0.1) is 0 Å². The standard InChI is InChI=1S/C10H19N3O/c11-8-2-1-5-13(6-8)7-9-3-4-10(14)12-9/h8-9H,1-7,11H2,(H,12,14). The van der Waals surface area contributed by atoms with Crippen LogP contribution in [0, 0.1) is 0 Å². The summed E-state index contributed by atoms with van der Waals surface area (Å²) < 4.78 is 0. The summed E-state index contributed by atoms with van der Waals surface area (Å²) in [5, 5.41) is 2.99. The average molecular weight is 197 g/mol. The summed E-state index contributed by atoms with van der Waals surface area (Å²) in [6.45, 7) is 3.12. The maximum absolute atomic E-state index is 11.0. The summed E-state index contributed by atoms with van der Waals surface area (Å²) in [5.41, 5.74) is 5.90. The summed E-state index contributed by atoms with van der Waals surface area (Å²) in [4.78, 5) is 13.4. The summed E-state index contributed by atoms with van der Waals surface area (Å²) in [5.74, 6) is 0.205. The van der Waals surface area contributed by atoms with Crippen LogP contribution in [0.1, 0.15) is 25.7 Å². The van der Waals surface area contributed by atoms with Crippen LogP contribution in [0.15, 0.2) is 0 Å². The second-order valence-corrected chi connectivity index (χ2v) is 4.46. The SMILES string of the molecule is NC1CCCN(CC2CCC(=O)N2)C1. The van der Waals surface area contributed by atoms with Gasteiger partial charge in [0.15, 0.2) is 0 Å². The zero-order valence-electron chi connectivity index (χ0n) is 8.54. The summed E-state index contributed by atoms with van der Waals surface area (Å²) in [7, 11) is 0. The predicted octanol–water partition coefficient (Wildman–Crippen LogP) is -0.312. The van der Waals surface area contributed by atoms with Crippen molar-refractivity contribution in [3.8, 4) is 0 Å². The summed E-state index contributed by atoms with van der Waals surface area (Å²) >= 11 is 0. The van der Waals surface area contributed by atoms with E-state index in [9.17, 15) is 4.79 Å². The average Bonchev–Trinajstić information content (AvgIpc) is 2.51. The van der Waals surface area contributed by atoms with Gasteiger partial charge in [0.25, 0.3) is 0 Å². The Bertz CT molecular complexity index is 219. The highest BCUT2D eigenvalue weighted by Gasteiger charge is 2.25. The van der Waals surface area contributed by atoms with E-state index in [2.05, 4.69) is 10.2 Å². The van der Waals surface area contributed by atoms with Crippen LogP contribution in [0.4, 0.5) is 0 Å². The lowest BCUT2D eigenvalue weighted by molar-refractivity contribution is -0.119. The minimum atomic E-state index is 0.205. The molecular weight excluding hydrogens is 178 g/mol. The minimum Gasteiger partial charge on any atom is -0.352 e. The Hall–Kier alpha value is -0.610. The van der Waals surface area contributed by atoms with Crippen LogP contribution in [0.3, 0.4) is 0 Å². The van der Waals surface area contributed by atoms with Crippen LogP contribution < -0.4 is 11.1 Å². The number of nitrogens with one attached hydrogen (secondary N) is 1. The predicted molar refractivity (Wildman–Crippen MR) is 54.8 cm³/mol. The van der Waals surface area contributed by atoms with E-state index in [-0.39, 0.29) is 5.91 Å². The molecule has 2 aliphatic rings. The molecular formula is C10H19N3O. The van der Waals surface area contributed by atoms with Crippen molar-refractivity contribution in [3.05, 3.63) is 0 Å². The molecule has 2 aliphatic heterocycles. The second kappa shape index (κ2) is 4.28. The molecule has 4 heteroatoms. The highest BCUT2D eigenvalue weighted by molar-refractivity contribution is 5.78. The molecule has 2 atom stereocenters. The Morgan fingerprint density at radius 3 is 3.00 bits per heavy atom. The number of nitrogens with two attached hydrogens (primary N) is 1. The molecule has 3 N–H and O–H groups in total. The lowest BCUT2D eigenvalue weighted by Crippen LogP contribution is -2.47. The van der Waals surface area contributed by atoms with E-state index >= 15 is 0 Å². The maximum Gasteiger partial charge on any atom is 0.220 e. The van der Waals surface area contributed by atoms with E-state index in [4.69, 9.17) is 5.73 Å². The Morgan fingerprint density at radius 1 is 1.50 bits per heavy atom. The van der Waals surface area contributed by atoms with Crippen molar-refractivity contribution < 1.29 is 4.79 Å². The van der Waals surface area contributed by atoms with Crippen molar-refractivity contribution in [1.29, 1.82) is 0 Å². The second-order valence-electron chi connectivity index (χ2n) is 4.46. The fourth-order valence-electron chi connectivity index (χ4n) is 2.38. The molecule has 0 aliphatic carbocycles. The first-order valence-electron chi connectivity index (χ1n) is 5.51. The number of amides is 1. The molecule has 2 heterocycles. The van der Waals surface area contributed by atoms with Crippen molar-refractivity contribution in [1.82, 2.24) is 10.2 Å². The van der Waals surface area contributed by atoms with E-state index in [1.807, 2.05) is 0 Å². The van der Waals surface area contributed by atoms with Crippen LogP contribution in [0.2, 0.25) is 0 Å². The molecule has 0 saturated carbocycles. The first kappa shape index (κ1) is 9.93. The van der Waals surface area contributed by atoms with Crippen molar-refractivity contribution >= 4 is 5.91 Å². The largest absolute Gasteiger partial charge is 0.352 e. The first-order chi connectivity index (χ1) is 6.74.